The van der Waals surface area contributed by atoms with Gasteiger partial charge in [-0.3, -0.25) is 0 Å². The van der Waals surface area contributed by atoms with E-state index in [4.69, 9.17) is 0 Å². The molecule has 31 heavy (non-hydrogen) atoms. The van der Waals surface area contributed by atoms with Gasteiger partial charge in [0.25, 0.3) is 14.1 Å². The largest absolute Gasteiger partial charge is 0.304 e. The summed E-state index contributed by atoms with van der Waals surface area (Å²) in [6, 6.07) is 0. The van der Waals surface area contributed by atoms with Gasteiger partial charge in [0.05, 0.1) is 0 Å². The SMILES string of the molecule is C.CCCC.CN1CCN(C)CC1.CN1CCN(C)CC1.C[CH2][Al].C[CH2][Al]([CH2]C)[CH2]C. The molecule has 2 saturated heterocycles. The summed E-state index contributed by atoms with van der Waals surface area (Å²) in [6.07, 6.45) is 2.64. The molecule has 0 bridgehead atoms. The van der Waals surface area contributed by atoms with Crippen molar-refractivity contribution in [2.45, 2.75) is 82.9 Å². The molecule has 0 aromatic carbocycles. The average molecular weight is 473 g/mol. The van der Waals surface area contributed by atoms with Crippen LogP contribution in [0.1, 0.15) is 61.8 Å². The summed E-state index contributed by atoms with van der Waals surface area (Å²) >= 11 is 2.41. The second kappa shape index (κ2) is 30.9. The Kier molecular flexibility index (Phi) is 39.0. The number of unbranched alkanes of at least 4 members (excludes halogenated alkanes) is 1. The van der Waals surface area contributed by atoms with Crippen LogP contribution in [0.4, 0.5) is 0 Å². The minimum absolute atomic E-state index is 0. The highest BCUT2D eigenvalue weighted by atomic mass is 27.2. The van der Waals surface area contributed by atoms with Crippen molar-refractivity contribution in [1.29, 1.82) is 0 Å². The van der Waals surface area contributed by atoms with Gasteiger partial charge in [0.1, 0.15) is 16.3 Å². The minimum Gasteiger partial charge on any atom is -0.304 e. The molecule has 0 aromatic heterocycles. The van der Waals surface area contributed by atoms with Crippen LogP contribution in [0.2, 0.25) is 21.1 Å². The zero-order valence-corrected chi connectivity index (χ0v) is 25.2. The molecule has 0 N–H and O–H groups in total. The molecule has 0 aromatic rings. The summed E-state index contributed by atoms with van der Waals surface area (Å²) < 4.78 is 0. The van der Waals surface area contributed by atoms with Crippen molar-refractivity contribution in [2.24, 2.45) is 0 Å². The molecule has 0 saturated carbocycles. The van der Waals surface area contributed by atoms with E-state index in [-0.39, 0.29) is 21.6 Å². The Bertz CT molecular complexity index is 242. The first-order valence-corrected chi connectivity index (χ1v) is 16.0. The smallest absolute Gasteiger partial charge is 0.261 e. The Hall–Kier alpha value is 0.905. The van der Waals surface area contributed by atoms with Gasteiger partial charge >= 0.3 is 0 Å². The first-order chi connectivity index (χ1) is 14.2. The zero-order valence-electron chi connectivity index (χ0n) is 22.8. The van der Waals surface area contributed by atoms with Gasteiger partial charge in [0.2, 0.25) is 0 Å². The number of nitrogens with zero attached hydrogens (tertiary/aromatic N) is 4. The van der Waals surface area contributed by atoms with Crippen molar-refractivity contribution < 1.29 is 0 Å². The third kappa shape index (κ3) is 33.2. The van der Waals surface area contributed by atoms with Crippen LogP contribution >= 0.6 is 0 Å². The molecular formula is C25H62Al2N4. The fraction of sp³-hybridized carbons (Fsp3) is 1.00. The van der Waals surface area contributed by atoms with Gasteiger partial charge in [-0.25, -0.2) is 0 Å². The number of hydrogen-bond donors (Lipinski definition) is 0. The van der Waals surface area contributed by atoms with E-state index in [2.05, 4.69) is 106 Å². The van der Waals surface area contributed by atoms with E-state index in [1.165, 1.54) is 86.3 Å². The van der Waals surface area contributed by atoms with Crippen LogP contribution in [0.15, 0.2) is 0 Å². The van der Waals surface area contributed by atoms with Gasteiger partial charge in [-0.15, -0.1) is 5.28 Å². The molecule has 0 unspecified atom stereocenters. The van der Waals surface area contributed by atoms with Crippen molar-refractivity contribution in [2.75, 3.05) is 80.5 Å². The summed E-state index contributed by atoms with van der Waals surface area (Å²) in [5.74, 6) is 0. The number of hydrogen-bond acceptors (Lipinski definition) is 4. The fourth-order valence-electron chi connectivity index (χ4n) is 2.68. The first kappa shape index (κ1) is 39.1. The summed E-state index contributed by atoms with van der Waals surface area (Å²) in [5.41, 5.74) is 0. The molecule has 6 heteroatoms. The van der Waals surface area contributed by atoms with E-state index >= 15 is 0 Å². The van der Waals surface area contributed by atoms with E-state index in [0.29, 0.717) is 0 Å². The maximum atomic E-state index is 2.58. The molecule has 2 heterocycles. The number of rotatable bonds is 4. The highest BCUT2D eigenvalue weighted by molar-refractivity contribution is 6.58. The molecule has 2 aliphatic rings. The summed E-state index contributed by atoms with van der Waals surface area (Å²) in [5, 5.41) is 5.65. The van der Waals surface area contributed by atoms with Crippen molar-refractivity contribution >= 4 is 30.4 Å². The minimum atomic E-state index is -0.171. The van der Waals surface area contributed by atoms with Crippen molar-refractivity contribution in [3.8, 4) is 0 Å². The summed E-state index contributed by atoms with van der Waals surface area (Å²) in [4.78, 5) is 9.44. The molecular weight excluding hydrogens is 410 g/mol. The molecule has 0 atom stereocenters. The molecule has 0 aliphatic carbocycles. The third-order valence-electron chi connectivity index (χ3n) is 5.69. The van der Waals surface area contributed by atoms with Crippen molar-refractivity contribution in [3.05, 3.63) is 0 Å². The predicted molar refractivity (Wildman–Crippen MR) is 151 cm³/mol. The Morgan fingerprint density at radius 2 is 0.677 bits per heavy atom. The van der Waals surface area contributed by atoms with Crippen LogP contribution in [0.5, 0.6) is 0 Å². The Labute approximate surface area is 212 Å². The quantitative estimate of drug-likeness (QED) is 0.515. The Morgan fingerprint density at radius 3 is 0.742 bits per heavy atom. The predicted octanol–water partition coefficient (Wildman–Crippen LogP) is 5.30. The van der Waals surface area contributed by atoms with Gasteiger partial charge in [0, 0.05) is 52.4 Å². The monoisotopic (exact) mass is 472 g/mol. The van der Waals surface area contributed by atoms with E-state index in [1.807, 2.05) is 0 Å². The second-order valence-electron chi connectivity index (χ2n) is 8.71. The van der Waals surface area contributed by atoms with Gasteiger partial charge in [-0.1, -0.05) is 77.7 Å². The third-order valence-corrected chi connectivity index (χ3v) is 9.15. The normalized spacial score (nSPS) is 17.1. The lowest BCUT2D eigenvalue weighted by Gasteiger charge is -2.28. The van der Waals surface area contributed by atoms with Crippen LogP contribution in [-0.2, 0) is 0 Å². The molecule has 0 spiro atoms. The lowest BCUT2D eigenvalue weighted by molar-refractivity contribution is 0.181. The van der Waals surface area contributed by atoms with E-state index in [1.54, 1.807) is 0 Å². The molecule has 2 rings (SSSR count). The van der Waals surface area contributed by atoms with E-state index < -0.39 is 0 Å². The van der Waals surface area contributed by atoms with Gasteiger partial charge < -0.3 is 19.6 Å². The number of likely N-dealkylation sites (N-methyl/N-ethyl adjacent to an activating group) is 4. The van der Waals surface area contributed by atoms with Gasteiger partial charge in [0.15, 0.2) is 0 Å². The maximum absolute atomic E-state index is 2.58. The molecule has 0 amide bonds. The molecule has 4 nitrogen and oxygen atoms in total. The molecule has 2 fully saturated rings. The number of piperazine rings is 2. The molecule has 2 aliphatic heterocycles. The van der Waals surface area contributed by atoms with Crippen LogP contribution in [0.25, 0.3) is 0 Å². The highest BCUT2D eigenvalue weighted by Crippen LogP contribution is 2.01. The van der Waals surface area contributed by atoms with E-state index in [9.17, 15) is 0 Å². The van der Waals surface area contributed by atoms with Crippen molar-refractivity contribution in [1.82, 2.24) is 19.6 Å². The molecule has 188 valence electrons. The van der Waals surface area contributed by atoms with E-state index in [0.717, 1.165) is 0 Å². The summed E-state index contributed by atoms with van der Waals surface area (Å²) in [7, 11) is 8.69. The maximum Gasteiger partial charge on any atom is 0.261 e. The van der Waals surface area contributed by atoms with Crippen molar-refractivity contribution in [3.63, 3.8) is 0 Å². The van der Waals surface area contributed by atoms with Crippen LogP contribution < -0.4 is 0 Å². The Balaban J connectivity index is -0.000000152. The first-order valence-electron chi connectivity index (χ1n) is 12.7. The average Bonchev–Trinajstić information content (AvgIpc) is 2.75. The lowest BCUT2D eigenvalue weighted by Crippen LogP contribution is -2.42. The van der Waals surface area contributed by atoms with Crippen LogP contribution in [0, 0.1) is 0 Å². The second-order valence-corrected chi connectivity index (χ2v) is 13.7. The lowest BCUT2D eigenvalue weighted by atomic mass is 10.4. The Morgan fingerprint density at radius 1 is 0.516 bits per heavy atom. The standard InChI is InChI=1S/2C6H14N2.C4H10.4C2H5.CH4.2Al/c2*1-7-3-5-8(2)6-4-7;1-3-4-2;4*1-2;;;/h2*3-6H2,1-2H3;3-4H2,1-2H3;4*1H2,2H3;1H4;;. The highest BCUT2D eigenvalue weighted by Gasteiger charge is 2.08. The summed E-state index contributed by atoms with van der Waals surface area (Å²) in [6.45, 7) is 23.3. The van der Waals surface area contributed by atoms with Crippen LogP contribution in [-0.4, -0.2) is 131 Å². The molecule has 2 radical (unpaired) electrons. The van der Waals surface area contributed by atoms with Gasteiger partial charge in [-0.2, -0.15) is 0 Å². The topological polar surface area (TPSA) is 13.0 Å². The van der Waals surface area contributed by atoms with Gasteiger partial charge in [-0.05, 0) is 28.2 Å². The fourth-order valence-corrected chi connectivity index (χ4v) is 4.41. The van der Waals surface area contributed by atoms with Crippen LogP contribution in [0.3, 0.4) is 0 Å². The zero-order chi connectivity index (χ0) is 23.8.